The SMILES string of the molecule is O=[N+]([O-])c1ccc2nc(C(c3ccccc3)c3ccccc3)oc2c1. The molecule has 0 saturated heterocycles. The van der Waals surface area contributed by atoms with E-state index in [9.17, 15) is 10.1 Å². The molecule has 5 heteroatoms. The van der Waals surface area contributed by atoms with Crippen LogP contribution in [0.25, 0.3) is 11.1 Å². The fourth-order valence-electron chi connectivity index (χ4n) is 2.94. The number of aromatic nitrogens is 1. The molecular formula is C20H14N2O3. The third kappa shape index (κ3) is 2.87. The third-order valence-corrected chi connectivity index (χ3v) is 4.11. The molecule has 122 valence electrons. The fourth-order valence-corrected chi connectivity index (χ4v) is 2.94. The Balaban J connectivity index is 1.87. The Bertz CT molecular complexity index is 987. The minimum Gasteiger partial charge on any atom is -0.439 e. The highest BCUT2D eigenvalue weighted by Crippen LogP contribution is 2.33. The first-order valence-electron chi connectivity index (χ1n) is 7.87. The van der Waals surface area contributed by atoms with Gasteiger partial charge in [0.2, 0.25) is 5.89 Å². The molecule has 0 aliphatic carbocycles. The quantitative estimate of drug-likeness (QED) is 0.393. The number of nitro groups is 1. The molecule has 4 rings (SSSR count). The smallest absolute Gasteiger partial charge is 0.273 e. The number of rotatable bonds is 4. The summed E-state index contributed by atoms with van der Waals surface area (Å²) in [5, 5.41) is 11.0. The summed E-state index contributed by atoms with van der Waals surface area (Å²) in [5.41, 5.74) is 3.12. The summed E-state index contributed by atoms with van der Waals surface area (Å²) >= 11 is 0. The van der Waals surface area contributed by atoms with Crippen LogP contribution in [-0.4, -0.2) is 9.91 Å². The maximum absolute atomic E-state index is 11.0. The van der Waals surface area contributed by atoms with Crippen molar-refractivity contribution in [3.05, 3.63) is 106 Å². The zero-order valence-electron chi connectivity index (χ0n) is 13.2. The summed E-state index contributed by atoms with van der Waals surface area (Å²) in [7, 11) is 0. The third-order valence-electron chi connectivity index (χ3n) is 4.11. The molecule has 0 unspecified atom stereocenters. The van der Waals surface area contributed by atoms with Crippen molar-refractivity contribution < 1.29 is 9.34 Å². The van der Waals surface area contributed by atoms with Gasteiger partial charge in [-0.1, -0.05) is 60.7 Å². The van der Waals surface area contributed by atoms with Crippen molar-refractivity contribution in [3.63, 3.8) is 0 Å². The number of oxazole rings is 1. The molecule has 3 aromatic carbocycles. The highest BCUT2D eigenvalue weighted by molar-refractivity contribution is 5.75. The average molecular weight is 330 g/mol. The zero-order chi connectivity index (χ0) is 17.2. The van der Waals surface area contributed by atoms with Crippen LogP contribution >= 0.6 is 0 Å². The van der Waals surface area contributed by atoms with Gasteiger partial charge in [0.05, 0.1) is 16.9 Å². The van der Waals surface area contributed by atoms with Crippen molar-refractivity contribution in [1.82, 2.24) is 4.98 Å². The molecule has 0 N–H and O–H groups in total. The van der Waals surface area contributed by atoms with Gasteiger partial charge in [0.1, 0.15) is 5.52 Å². The molecular weight excluding hydrogens is 316 g/mol. The van der Waals surface area contributed by atoms with Crippen LogP contribution in [0.3, 0.4) is 0 Å². The van der Waals surface area contributed by atoms with Gasteiger partial charge in [-0.2, -0.15) is 0 Å². The lowest BCUT2D eigenvalue weighted by molar-refractivity contribution is -0.384. The molecule has 0 atom stereocenters. The van der Waals surface area contributed by atoms with Crippen molar-refractivity contribution in [2.24, 2.45) is 0 Å². The first kappa shape index (κ1) is 15.1. The van der Waals surface area contributed by atoms with Gasteiger partial charge in [0, 0.05) is 6.07 Å². The number of fused-ring (bicyclic) bond motifs is 1. The monoisotopic (exact) mass is 330 g/mol. The van der Waals surface area contributed by atoms with Gasteiger partial charge in [0.15, 0.2) is 5.58 Å². The van der Waals surface area contributed by atoms with E-state index >= 15 is 0 Å². The average Bonchev–Trinajstić information content (AvgIpc) is 3.06. The van der Waals surface area contributed by atoms with Crippen molar-refractivity contribution in [1.29, 1.82) is 0 Å². The molecule has 4 aromatic rings. The Labute approximate surface area is 143 Å². The van der Waals surface area contributed by atoms with Gasteiger partial charge in [0.25, 0.3) is 5.69 Å². The Morgan fingerprint density at radius 3 is 2.04 bits per heavy atom. The van der Waals surface area contributed by atoms with Crippen LogP contribution in [0, 0.1) is 10.1 Å². The lowest BCUT2D eigenvalue weighted by Crippen LogP contribution is -2.03. The number of nitrogens with zero attached hydrogens (tertiary/aromatic N) is 2. The van der Waals surface area contributed by atoms with E-state index in [0.717, 1.165) is 11.1 Å². The fraction of sp³-hybridized carbons (Fsp3) is 0.0500. The predicted molar refractivity (Wildman–Crippen MR) is 94.5 cm³/mol. The van der Waals surface area contributed by atoms with Crippen LogP contribution in [0.1, 0.15) is 22.9 Å². The maximum atomic E-state index is 11.0. The first-order valence-corrected chi connectivity index (χ1v) is 7.87. The molecule has 0 fully saturated rings. The Hall–Kier alpha value is -3.47. The van der Waals surface area contributed by atoms with Crippen molar-refractivity contribution in [3.8, 4) is 0 Å². The molecule has 0 aliphatic rings. The number of nitro benzene ring substituents is 1. The van der Waals surface area contributed by atoms with Gasteiger partial charge in [-0.15, -0.1) is 0 Å². The number of benzene rings is 3. The van der Waals surface area contributed by atoms with Gasteiger partial charge in [-0.25, -0.2) is 4.98 Å². The van der Waals surface area contributed by atoms with Crippen LogP contribution in [0.4, 0.5) is 5.69 Å². The second-order valence-corrected chi connectivity index (χ2v) is 5.72. The summed E-state index contributed by atoms with van der Waals surface area (Å²) < 4.78 is 5.91. The van der Waals surface area contributed by atoms with E-state index in [1.807, 2.05) is 60.7 Å². The molecule has 25 heavy (non-hydrogen) atoms. The zero-order valence-corrected chi connectivity index (χ0v) is 13.2. The number of hydrogen-bond acceptors (Lipinski definition) is 4. The predicted octanol–water partition coefficient (Wildman–Crippen LogP) is 4.92. The summed E-state index contributed by atoms with van der Waals surface area (Å²) in [6.07, 6.45) is 0. The molecule has 0 saturated carbocycles. The first-order chi connectivity index (χ1) is 12.2. The van der Waals surface area contributed by atoms with E-state index in [1.54, 1.807) is 6.07 Å². The molecule has 5 nitrogen and oxygen atoms in total. The van der Waals surface area contributed by atoms with E-state index < -0.39 is 4.92 Å². The highest BCUT2D eigenvalue weighted by atomic mass is 16.6. The van der Waals surface area contributed by atoms with Crippen molar-refractivity contribution in [2.75, 3.05) is 0 Å². The summed E-state index contributed by atoms with van der Waals surface area (Å²) in [4.78, 5) is 15.1. The molecule has 0 aliphatic heterocycles. The minimum atomic E-state index is -0.437. The standard InChI is InChI=1S/C20H14N2O3/c23-22(24)16-11-12-17-18(13-16)25-20(21-17)19(14-7-3-1-4-8-14)15-9-5-2-6-10-15/h1-13,19H. The molecule has 1 heterocycles. The largest absolute Gasteiger partial charge is 0.439 e. The molecule has 0 spiro atoms. The second kappa shape index (κ2) is 6.20. The van der Waals surface area contributed by atoms with Gasteiger partial charge in [-0.3, -0.25) is 10.1 Å². The molecule has 0 amide bonds. The number of non-ortho nitro benzene ring substituents is 1. The van der Waals surface area contributed by atoms with Crippen LogP contribution in [0.2, 0.25) is 0 Å². The van der Waals surface area contributed by atoms with Crippen LogP contribution in [0.15, 0.2) is 83.3 Å². The van der Waals surface area contributed by atoms with Crippen LogP contribution in [-0.2, 0) is 0 Å². The Kier molecular flexibility index (Phi) is 3.74. The minimum absolute atomic E-state index is 0.00817. The van der Waals surface area contributed by atoms with Crippen LogP contribution < -0.4 is 0 Å². The van der Waals surface area contributed by atoms with E-state index in [0.29, 0.717) is 17.0 Å². The lowest BCUT2D eigenvalue weighted by atomic mass is 9.91. The van der Waals surface area contributed by atoms with Gasteiger partial charge in [-0.05, 0) is 17.2 Å². The van der Waals surface area contributed by atoms with Gasteiger partial charge < -0.3 is 4.42 Å². The van der Waals surface area contributed by atoms with Crippen molar-refractivity contribution >= 4 is 16.8 Å². The van der Waals surface area contributed by atoms with E-state index in [-0.39, 0.29) is 11.6 Å². The van der Waals surface area contributed by atoms with Crippen LogP contribution in [0.5, 0.6) is 0 Å². The summed E-state index contributed by atoms with van der Waals surface area (Å²) in [6, 6.07) is 24.4. The lowest BCUT2D eigenvalue weighted by Gasteiger charge is -2.14. The normalized spacial score (nSPS) is 11.1. The van der Waals surface area contributed by atoms with E-state index in [2.05, 4.69) is 4.98 Å². The second-order valence-electron chi connectivity index (χ2n) is 5.72. The van der Waals surface area contributed by atoms with E-state index in [4.69, 9.17) is 4.42 Å². The topological polar surface area (TPSA) is 69.2 Å². The molecule has 0 radical (unpaired) electrons. The van der Waals surface area contributed by atoms with Crippen molar-refractivity contribution in [2.45, 2.75) is 5.92 Å². The summed E-state index contributed by atoms with van der Waals surface area (Å²) in [6.45, 7) is 0. The molecule has 0 bridgehead atoms. The van der Waals surface area contributed by atoms with E-state index in [1.165, 1.54) is 12.1 Å². The number of hydrogen-bond donors (Lipinski definition) is 0. The Morgan fingerprint density at radius 2 is 1.48 bits per heavy atom. The van der Waals surface area contributed by atoms with Gasteiger partial charge >= 0.3 is 0 Å². The Morgan fingerprint density at radius 1 is 0.880 bits per heavy atom. The molecule has 1 aromatic heterocycles. The summed E-state index contributed by atoms with van der Waals surface area (Å²) in [5.74, 6) is 0.349. The highest BCUT2D eigenvalue weighted by Gasteiger charge is 2.23. The maximum Gasteiger partial charge on any atom is 0.273 e.